The van der Waals surface area contributed by atoms with Crippen LogP contribution in [0, 0.1) is 0 Å². The van der Waals surface area contributed by atoms with E-state index in [-0.39, 0.29) is 0 Å². The minimum absolute atomic E-state index is 0.674. The highest BCUT2D eigenvalue weighted by Crippen LogP contribution is 2.41. The molecule has 11 rings (SSSR count). The zero-order valence-electron chi connectivity index (χ0n) is 29.8. The average Bonchev–Trinajstić information content (AvgIpc) is 3.65. The first kappa shape index (κ1) is 31.2. The zero-order chi connectivity index (χ0) is 36.3. The van der Waals surface area contributed by atoms with Gasteiger partial charge >= 0.3 is 0 Å². The third-order valence-electron chi connectivity index (χ3n) is 10.9. The topological polar surface area (TPSA) is 38.9 Å². The summed E-state index contributed by atoms with van der Waals surface area (Å²) < 4.78 is 6.30. The molecule has 55 heavy (non-hydrogen) atoms. The van der Waals surface area contributed by atoms with Crippen molar-refractivity contribution in [1.82, 2.24) is 9.97 Å². The van der Waals surface area contributed by atoms with Gasteiger partial charge in [0.25, 0.3) is 0 Å². The lowest BCUT2D eigenvalue weighted by atomic mass is 9.89. The number of para-hydroxylation sites is 1. The number of aromatic nitrogens is 2. The normalized spacial score (nSPS) is 11.6. The molecule has 256 valence electrons. The molecule has 2 heterocycles. The van der Waals surface area contributed by atoms with Crippen molar-refractivity contribution in [2.24, 2.45) is 0 Å². The largest absolute Gasteiger partial charge is 0.456 e. The Morgan fingerprint density at radius 1 is 0.327 bits per heavy atom. The van der Waals surface area contributed by atoms with Crippen LogP contribution < -0.4 is 0 Å². The van der Waals surface area contributed by atoms with E-state index in [0.717, 1.165) is 55.6 Å². The standard InChI is InChI=1S/C52H32N2O/c1-2-11-33(12-3-1)34-21-27-38(28-22-34)52-53-46(32-47(54-52)43-18-10-20-49-51(43)44-17-8-9-19-48(44)55-49)36-23-25-37(26-24-36)50-41-16-7-5-14-39(41)31-45-40-15-6-4-13-35(40)29-30-42(45)50/h1-32H. The second-order valence-corrected chi connectivity index (χ2v) is 14.1. The molecule has 9 aromatic carbocycles. The molecule has 0 bridgehead atoms. The summed E-state index contributed by atoms with van der Waals surface area (Å²) in [7, 11) is 0. The van der Waals surface area contributed by atoms with Gasteiger partial charge in [-0.1, -0.05) is 170 Å². The lowest BCUT2D eigenvalue weighted by Gasteiger charge is -2.15. The second kappa shape index (κ2) is 12.6. The van der Waals surface area contributed by atoms with Gasteiger partial charge in [0.2, 0.25) is 0 Å². The summed E-state index contributed by atoms with van der Waals surface area (Å²) in [6, 6.07) is 68.6. The van der Waals surface area contributed by atoms with E-state index >= 15 is 0 Å². The molecule has 0 aliphatic carbocycles. The van der Waals surface area contributed by atoms with Gasteiger partial charge in [-0.05, 0) is 78.8 Å². The fourth-order valence-electron chi connectivity index (χ4n) is 8.23. The Morgan fingerprint density at radius 3 is 1.78 bits per heavy atom. The van der Waals surface area contributed by atoms with Crippen molar-refractivity contribution in [3.63, 3.8) is 0 Å². The first-order valence-electron chi connectivity index (χ1n) is 18.6. The molecule has 0 saturated heterocycles. The second-order valence-electron chi connectivity index (χ2n) is 14.1. The van der Waals surface area contributed by atoms with E-state index in [1.807, 2.05) is 30.3 Å². The Kier molecular flexibility index (Phi) is 7.17. The van der Waals surface area contributed by atoms with E-state index < -0.39 is 0 Å². The summed E-state index contributed by atoms with van der Waals surface area (Å²) in [5.41, 5.74) is 11.1. The van der Waals surface area contributed by atoms with E-state index in [4.69, 9.17) is 14.4 Å². The molecular weight excluding hydrogens is 669 g/mol. The van der Waals surface area contributed by atoms with Crippen LogP contribution in [0.1, 0.15) is 0 Å². The minimum atomic E-state index is 0.674. The average molecular weight is 701 g/mol. The van der Waals surface area contributed by atoms with Gasteiger partial charge in [0, 0.05) is 27.5 Å². The van der Waals surface area contributed by atoms with Gasteiger partial charge in [-0.25, -0.2) is 9.97 Å². The van der Waals surface area contributed by atoms with Crippen molar-refractivity contribution in [2.75, 3.05) is 0 Å². The highest BCUT2D eigenvalue weighted by Gasteiger charge is 2.18. The molecule has 0 N–H and O–H groups in total. The Bertz CT molecular complexity index is 3230. The molecule has 0 saturated carbocycles. The first-order valence-corrected chi connectivity index (χ1v) is 18.6. The quantitative estimate of drug-likeness (QED) is 0.133. The number of fused-ring (bicyclic) bond motifs is 7. The summed E-state index contributed by atoms with van der Waals surface area (Å²) in [6.07, 6.45) is 0. The molecule has 0 aliphatic rings. The maximum Gasteiger partial charge on any atom is 0.160 e. The number of hydrogen-bond acceptors (Lipinski definition) is 3. The van der Waals surface area contributed by atoms with Crippen LogP contribution in [0.4, 0.5) is 0 Å². The van der Waals surface area contributed by atoms with Gasteiger partial charge in [0.15, 0.2) is 5.82 Å². The molecular formula is C52H32N2O. The molecule has 0 unspecified atom stereocenters. The summed E-state index contributed by atoms with van der Waals surface area (Å²) >= 11 is 0. The lowest BCUT2D eigenvalue weighted by Crippen LogP contribution is -1.96. The van der Waals surface area contributed by atoms with Gasteiger partial charge in [-0.3, -0.25) is 0 Å². The van der Waals surface area contributed by atoms with Crippen LogP contribution in [-0.2, 0) is 0 Å². The molecule has 2 aromatic heterocycles. The Morgan fingerprint density at radius 2 is 0.945 bits per heavy atom. The molecule has 0 amide bonds. The van der Waals surface area contributed by atoms with Gasteiger partial charge in [-0.2, -0.15) is 0 Å². The van der Waals surface area contributed by atoms with Gasteiger partial charge in [0.05, 0.1) is 11.4 Å². The molecule has 11 aromatic rings. The molecule has 0 spiro atoms. The summed E-state index contributed by atoms with van der Waals surface area (Å²) in [5.74, 6) is 0.674. The van der Waals surface area contributed by atoms with E-state index in [1.54, 1.807) is 0 Å². The molecule has 0 atom stereocenters. The van der Waals surface area contributed by atoms with Crippen LogP contribution in [0.2, 0.25) is 0 Å². The van der Waals surface area contributed by atoms with E-state index in [0.29, 0.717) is 5.82 Å². The highest BCUT2D eigenvalue weighted by atomic mass is 16.3. The predicted molar refractivity (Wildman–Crippen MR) is 229 cm³/mol. The van der Waals surface area contributed by atoms with Crippen molar-refractivity contribution < 1.29 is 4.42 Å². The van der Waals surface area contributed by atoms with Crippen molar-refractivity contribution in [2.45, 2.75) is 0 Å². The fraction of sp³-hybridized carbons (Fsp3) is 0. The Hall–Kier alpha value is -7.36. The molecule has 3 nitrogen and oxygen atoms in total. The summed E-state index contributed by atoms with van der Waals surface area (Å²) in [5, 5.41) is 9.62. The summed E-state index contributed by atoms with van der Waals surface area (Å²) in [4.78, 5) is 10.5. The van der Waals surface area contributed by atoms with Gasteiger partial charge < -0.3 is 4.42 Å². The van der Waals surface area contributed by atoms with Crippen molar-refractivity contribution in [3.8, 4) is 56.2 Å². The smallest absolute Gasteiger partial charge is 0.160 e. The lowest BCUT2D eigenvalue weighted by molar-refractivity contribution is 0.669. The van der Waals surface area contributed by atoms with Crippen LogP contribution >= 0.6 is 0 Å². The zero-order valence-corrected chi connectivity index (χ0v) is 29.8. The SMILES string of the molecule is c1ccc(-c2ccc(-c3nc(-c4ccc(-c5c6ccccc6cc6c5ccc5ccccc56)cc4)cc(-c4cccc5oc6ccccc6c45)n3)cc2)cc1. The number of hydrogen-bond donors (Lipinski definition) is 0. The van der Waals surface area contributed by atoms with Crippen LogP contribution in [-0.4, -0.2) is 9.97 Å². The summed E-state index contributed by atoms with van der Waals surface area (Å²) in [6.45, 7) is 0. The Balaban J connectivity index is 1.08. The van der Waals surface area contributed by atoms with Crippen LogP contribution in [0.15, 0.2) is 199 Å². The predicted octanol–water partition coefficient (Wildman–Crippen LogP) is 14.2. The van der Waals surface area contributed by atoms with Crippen molar-refractivity contribution in [1.29, 1.82) is 0 Å². The number of rotatable bonds is 5. The van der Waals surface area contributed by atoms with E-state index in [2.05, 4.69) is 164 Å². The highest BCUT2D eigenvalue weighted by molar-refractivity contribution is 6.20. The number of nitrogens with zero attached hydrogens (tertiary/aromatic N) is 2. The van der Waals surface area contributed by atoms with Crippen LogP contribution in [0.3, 0.4) is 0 Å². The molecule has 3 heteroatoms. The van der Waals surface area contributed by atoms with E-state index in [1.165, 1.54) is 49.0 Å². The maximum absolute atomic E-state index is 6.30. The third kappa shape index (κ3) is 5.28. The number of benzene rings is 9. The molecule has 0 fully saturated rings. The maximum atomic E-state index is 6.30. The Labute approximate surface area is 317 Å². The fourth-order valence-corrected chi connectivity index (χ4v) is 8.23. The first-order chi connectivity index (χ1) is 27.2. The molecule has 0 aliphatic heterocycles. The van der Waals surface area contributed by atoms with Gasteiger partial charge in [-0.15, -0.1) is 0 Å². The van der Waals surface area contributed by atoms with Crippen molar-refractivity contribution >= 4 is 54.3 Å². The monoisotopic (exact) mass is 700 g/mol. The number of furan rings is 1. The minimum Gasteiger partial charge on any atom is -0.456 e. The van der Waals surface area contributed by atoms with E-state index in [9.17, 15) is 0 Å². The molecule has 0 radical (unpaired) electrons. The van der Waals surface area contributed by atoms with Crippen LogP contribution in [0.5, 0.6) is 0 Å². The van der Waals surface area contributed by atoms with Crippen LogP contribution in [0.25, 0.3) is 110 Å². The van der Waals surface area contributed by atoms with Crippen molar-refractivity contribution in [3.05, 3.63) is 194 Å². The third-order valence-corrected chi connectivity index (χ3v) is 10.9. The van der Waals surface area contributed by atoms with Gasteiger partial charge in [0.1, 0.15) is 11.2 Å².